The maximum absolute atomic E-state index is 11.8. The molecule has 5 nitrogen and oxygen atoms in total. The molecular formula is C11H11IN4O. The zero-order valence-electron chi connectivity index (χ0n) is 9.44. The molecule has 0 spiro atoms. The van der Waals surface area contributed by atoms with Crippen molar-refractivity contribution < 1.29 is 0 Å². The van der Waals surface area contributed by atoms with Crippen molar-refractivity contribution in [3.05, 3.63) is 38.1 Å². The first kappa shape index (κ1) is 12.2. The Morgan fingerprint density at radius 2 is 1.94 bits per heavy atom. The van der Waals surface area contributed by atoms with Crippen molar-refractivity contribution in [3.8, 4) is 11.6 Å². The second-order valence-corrected chi connectivity index (χ2v) is 4.92. The Bertz CT molecular complexity index is 580. The summed E-state index contributed by atoms with van der Waals surface area (Å²) in [7, 11) is 0. The molecule has 1 N–H and O–H groups in total. The van der Waals surface area contributed by atoms with Gasteiger partial charge in [0.25, 0.3) is 5.56 Å². The minimum atomic E-state index is -0.147. The molecule has 0 aliphatic rings. The number of aromatic nitrogens is 4. The smallest absolute Gasteiger partial charge is 0.264 e. The monoisotopic (exact) mass is 342 g/mol. The number of halogens is 1. The average Bonchev–Trinajstić information content (AvgIpc) is 2.33. The lowest BCUT2D eigenvalue weighted by molar-refractivity contribution is 0.799. The third-order valence-corrected chi connectivity index (χ3v) is 3.26. The molecule has 2 aromatic rings. The normalized spacial score (nSPS) is 10.8. The van der Waals surface area contributed by atoms with E-state index in [0.717, 1.165) is 5.69 Å². The topological polar surface area (TPSA) is 71.5 Å². The summed E-state index contributed by atoms with van der Waals surface area (Å²) in [5.41, 5.74) is 0.628. The molecule has 2 heterocycles. The first-order valence-electron chi connectivity index (χ1n) is 5.16. The van der Waals surface area contributed by atoms with Crippen molar-refractivity contribution in [2.75, 3.05) is 0 Å². The Morgan fingerprint density at radius 3 is 2.53 bits per heavy atom. The van der Waals surface area contributed by atoms with Gasteiger partial charge in [0.1, 0.15) is 0 Å². The molecule has 0 aromatic carbocycles. The minimum Gasteiger partial charge on any atom is -0.303 e. The minimum absolute atomic E-state index is 0.147. The second-order valence-electron chi connectivity index (χ2n) is 3.84. The molecular weight excluding hydrogens is 331 g/mol. The SMILES string of the molecule is CC(C)c1nc(-c2ncccn2)[nH]c(=O)c1I. The number of aromatic amines is 1. The zero-order chi connectivity index (χ0) is 12.4. The quantitative estimate of drug-likeness (QED) is 0.847. The first-order valence-corrected chi connectivity index (χ1v) is 6.24. The number of hydrogen-bond acceptors (Lipinski definition) is 4. The maximum atomic E-state index is 11.8. The van der Waals surface area contributed by atoms with Gasteiger partial charge in [-0.3, -0.25) is 4.79 Å². The second kappa shape index (κ2) is 4.91. The van der Waals surface area contributed by atoms with Gasteiger partial charge in [0.15, 0.2) is 11.6 Å². The van der Waals surface area contributed by atoms with Crippen LogP contribution in [-0.4, -0.2) is 19.9 Å². The fourth-order valence-corrected chi connectivity index (χ4v) is 2.26. The van der Waals surface area contributed by atoms with Crippen molar-refractivity contribution >= 4 is 22.6 Å². The molecule has 0 bridgehead atoms. The Morgan fingerprint density at radius 1 is 1.29 bits per heavy atom. The maximum Gasteiger partial charge on any atom is 0.264 e. The average molecular weight is 342 g/mol. The van der Waals surface area contributed by atoms with E-state index < -0.39 is 0 Å². The molecule has 17 heavy (non-hydrogen) atoms. The standard InChI is InChI=1S/C11H11IN4O/c1-6(2)8-7(12)11(17)16-10(15-8)9-13-4-3-5-14-9/h3-6H,1-2H3,(H,15,16,17). The van der Waals surface area contributed by atoms with Gasteiger partial charge >= 0.3 is 0 Å². The van der Waals surface area contributed by atoms with E-state index in [9.17, 15) is 4.79 Å². The van der Waals surface area contributed by atoms with Gasteiger partial charge in [-0.25, -0.2) is 15.0 Å². The van der Waals surface area contributed by atoms with Crippen LogP contribution in [0.2, 0.25) is 0 Å². The summed E-state index contributed by atoms with van der Waals surface area (Å²) < 4.78 is 0.622. The molecule has 88 valence electrons. The fourth-order valence-electron chi connectivity index (χ4n) is 1.39. The van der Waals surface area contributed by atoms with Crippen molar-refractivity contribution in [1.29, 1.82) is 0 Å². The van der Waals surface area contributed by atoms with Crippen LogP contribution in [0.4, 0.5) is 0 Å². The van der Waals surface area contributed by atoms with Crippen LogP contribution in [0.3, 0.4) is 0 Å². The van der Waals surface area contributed by atoms with Gasteiger partial charge in [-0.2, -0.15) is 0 Å². The summed E-state index contributed by atoms with van der Waals surface area (Å²) in [5.74, 6) is 1.04. The van der Waals surface area contributed by atoms with Crippen LogP contribution in [0, 0.1) is 3.57 Å². The van der Waals surface area contributed by atoms with Crippen molar-refractivity contribution in [3.63, 3.8) is 0 Å². The molecule has 0 saturated heterocycles. The molecule has 0 aliphatic carbocycles. The van der Waals surface area contributed by atoms with Crippen molar-refractivity contribution in [2.45, 2.75) is 19.8 Å². The summed E-state index contributed by atoms with van der Waals surface area (Å²) in [6, 6.07) is 1.72. The van der Waals surface area contributed by atoms with E-state index >= 15 is 0 Å². The van der Waals surface area contributed by atoms with Gasteiger partial charge < -0.3 is 4.98 Å². The van der Waals surface area contributed by atoms with Crippen LogP contribution in [0.15, 0.2) is 23.3 Å². The number of nitrogens with one attached hydrogen (secondary N) is 1. The Balaban J connectivity index is 2.62. The number of nitrogens with zero attached hydrogens (tertiary/aromatic N) is 3. The van der Waals surface area contributed by atoms with Gasteiger partial charge in [-0.05, 0) is 34.6 Å². The summed E-state index contributed by atoms with van der Waals surface area (Å²) in [6.07, 6.45) is 3.24. The molecule has 0 aliphatic heterocycles. The van der Waals surface area contributed by atoms with Crippen LogP contribution in [0.5, 0.6) is 0 Å². The molecule has 2 aromatic heterocycles. The third kappa shape index (κ3) is 2.51. The third-order valence-electron chi connectivity index (χ3n) is 2.21. The molecule has 0 saturated carbocycles. The lowest BCUT2D eigenvalue weighted by Gasteiger charge is -2.08. The molecule has 0 fully saturated rings. The molecule has 0 radical (unpaired) electrons. The Labute approximate surface area is 112 Å². The van der Waals surface area contributed by atoms with Gasteiger partial charge in [-0.1, -0.05) is 13.8 Å². The molecule has 2 rings (SSSR count). The van der Waals surface area contributed by atoms with Gasteiger partial charge in [-0.15, -0.1) is 0 Å². The largest absolute Gasteiger partial charge is 0.303 e. The molecule has 6 heteroatoms. The lowest BCUT2D eigenvalue weighted by atomic mass is 10.1. The van der Waals surface area contributed by atoms with E-state index in [2.05, 4.69) is 19.9 Å². The Kier molecular flexibility index (Phi) is 3.51. The summed E-state index contributed by atoms with van der Waals surface area (Å²) >= 11 is 2.01. The van der Waals surface area contributed by atoms with Crippen LogP contribution in [-0.2, 0) is 0 Å². The number of hydrogen-bond donors (Lipinski definition) is 1. The highest BCUT2D eigenvalue weighted by Gasteiger charge is 2.13. The van der Waals surface area contributed by atoms with Gasteiger partial charge in [0.05, 0.1) is 9.26 Å². The van der Waals surface area contributed by atoms with E-state index in [1.807, 2.05) is 36.4 Å². The number of H-pyrrole nitrogens is 1. The van der Waals surface area contributed by atoms with E-state index in [-0.39, 0.29) is 11.5 Å². The predicted molar refractivity (Wildman–Crippen MR) is 72.7 cm³/mol. The lowest BCUT2D eigenvalue weighted by Crippen LogP contribution is -2.17. The highest BCUT2D eigenvalue weighted by molar-refractivity contribution is 14.1. The van der Waals surface area contributed by atoms with Crippen LogP contribution in [0.25, 0.3) is 11.6 Å². The number of rotatable bonds is 2. The predicted octanol–water partition coefficient (Wildman–Crippen LogP) is 1.95. The fraction of sp³-hybridized carbons (Fsp3) is 0.273. The van der Waals surface area contributed by atoms with E-state index in [4.69, 9.17) is 0 Å². The van der Waals surface area contributed by atoms with E-state index in [1.54, 1.807) is 18.5 Å². The molecule has 0 atom stereocenters. The van der Waals surface area contributed by atoms with Crippen molar-refractivity contribution in [2.24, 2.45) is 0 Å². The highest BCUT2D eigenvalue weighted by atomic mass is 127. The highest BCUT2D eigenvalue weighted by Crippen LogP contribution is 2.18. The first-order chi connectivity index (χ1) is 8.09. The van der Waals surface area contributed by atoms with Gasteiger partial charge in [0.2, 0.25) is 0 Å². The summed E-state index contributed by atoms with van der Waals surface area (Å²) in [4.78, 5) is 27.0. The summed E-state index contributed by atoms with van der Waals surface area (Å²) in [6.45, 7) is 4.00. The molecule has 0 unspecified atom stereocenters. The van der Waals surface area contributed by atoms with Crippen LogP contribution >= 0.6 is 22.6 Å². The van der Waals surface area contributed by atoms with E-state index in [1.165, 1.54) is 0 Å². The van der Waals surface area contributed by atoms with Crippen LogP contribution in [0.1, 0.15) is 25.5 Å². The van der Waals surface area contributed by atoms with Gasteiger partial charge in [0, 0.05) is 12.4 Å². The van der Waals surface area contributed by atoms with Crippen LogP contribution < -0.4 is 5.56 Å². The van der Waals surface area contributed by atoms with Crippen molar-refractivity contribution in [1.82, 2.24) is 19.9 Å². The van der Waals surface area contributed by atoms with E-state index in [0.29, 0.717) is 15.2 Å². The summed E-state index contributed by atoms with van der Waals surface area (Å²) in [5, 5.41) is 0. The molecule has 0 amide bonds. The zero-order valence-corrected chi connectivity index (χ0v) is 11.6. The Hall–Kier alpha value is -1.31.